The lowest BCUT2D eigenvalue weighted by atomic mass is 10.2. The molecule has 1 amide bonds. The summed E-state index contributed by atoms with van der Waals surface area (Å²) in [6.45, 7) is 1.89. The van der Waals surface area contributed by atoms with Gasteiger partial charge in [0.05, 0.1) is 22.4 Å². The van der Waals surface area contributed by atoms with Gasteiger partial charge in [0.1, 0.15) is 5.01 Å². The summed E-state index contributed by atoms with van der Waals surface area (Å²) in [6, 6.07) is 9.72. The molecule has 9 heteroatoms. The summed E-state index contributed by atoms with van der Waals surface area (Å²) in [5.41, 5.74) is 1.88. The SMILES string of the molecule is CC(NC(=O)CSc1ccc([N+](=O)[O-])cc1)c1nc(-c2ccncc2)cs1. The van der Waals surface area contributed by atoms with Crippen molar-refractivity contribution in [2.24, 2.45) is 0 Å². The summed E-state index contributed by atoms with van der Waals surface area (Å²) in [5.74, 6) is 0.108. The summed E-state index contributed by atoms with van der Waals surface area (Å²) >= 11 is 2.83. The summed E-state index contributed by atoms with van der Waals surface area (Å²) in [6.07, 6.45) is 3.43. The molecule has 27 heavy (non-hydrogen) atoms. The topological polar surface area (TPSA) is 98.0 Å². The van der Waals surface area contributed by atoms with Crippen molar-refractivity contribution in [2.45, 2.75) is 17.9 Å². The fourth-order valence-corrected chi connectivity index (χ4v) is 3.84. The van der Waals surface area contributed by atoms with Gasteiger partial charge in [-0.05, 0) is 31.2 Å². The summed E-state index contributed by atoms with van der Waals surface area (Å²) < 4.78 is 0. The van der Waals surface area contributed by atoms with Gasteiger partial charge < -0.3 is 5.32 Å². The molecule has 0 fully saturated rings. The zero-order valence-corrected chi connectivity index (χ0v) is 16.0. The van der Waals surface area contributed by atoms with Gasteiger partial charge in [-0.3, -0.25) is 19.9 Å². The van der Waals surface area contributed by atoms with Gasteiger partial charge in [-0.25, -0.2) is 4.98 Å². The van der Waals surface area contributed by atoms with Crippen LogP contribution in [0.2, 0.25) is 0 Å². The third-order valence-electron chi connectivity index (χ3n) is 3.66. The number of nitrogens with one attached hydrogen (secondary N) is 1. The van der Waals surface area contributed by atoms with Gasteiger partial charge in [-0.2, -0.15) is 0 Å². The van der Waals surface area contributed by atoms with Gasteiger partial charge in [-0.1, -0.05) is 0 Å². The van der Waals surface area contributed by atoms with Crippen LogP contribution in [-0.2, 0) is 4.79 Å². The number of nitro groups is 1. The summed E-state index contributed by atoms with van der Waals surface area (Å²) in [5, 5.41) is 16.4. The highest BCUT2D eigenvalue weighted by Gasteiger charge is 2.14. The Balaban J connectivity index is 1.53. The van der Waals surface area contributed by atoms with Crippen molar-refractivity contribution in [3.05, 3.63) is 69.3 Å². The van der Waals surface area contributed by atoms with Gasteiger partial charge in [0.15, 0.2) is 0 Å². The van der Waals surface area contributed by atoms with Gasteiger partial charge in [-0.15, -0.1) is 23.1 Å². The maximum absolute atomic E-state index is 12.2. The lowest BCUT2D eigenvalue weighted by molar-refractivity contribution is -0.384. The Hall–Kier alpha value is -2.78. The van der Waals surface area contributed by atoms with Gasteiger partial charge in [0.2, 0.25) is 5.91 Å². The van der Waals surface area contributed by atoms with E-state index in [1.807, 2.05) is 24.4 Å². The standard InChI is InChI=1S/C18H16N4O3S2/c1-12(18-21-16(10-27-18)13-6-8-19-9-7-13)20-17(23)11-26-15-4-2-14(3-5-15)22(24)25/h2-10,12H,11H2,1H3,(H,20,23). The minimum atomic E-state index is -0.447. The van der Waals surface area contributed by atoms with E-state index in [1.165, 1.54) is 35.2 Å². The highest BCUT2D eigenvalue weighted by Crippen LogP contribution is 2.25. The Bertz CT molecular complexity index is 929. The molecule has 138 valence electrons. The first-order chi connectivity index (χ1) is 13.0. The van der Waals surface area contributed by atoms with E-state index in [0.717, 1.165) is 21.2 Å². The number of hydrogen-bond donors (Lipinski definition) is 1. The van der Waals surface area contributed by atoms with E-state index >= 15 is 0 Å². The zero-order chi connectivity index (χ0) is 19.2. The number of non-ortho nitro benzene ring substituents is 1. The van der Waals surface area contributed by atoms with E-state index < -0.39 is 4.92 Å². The minimum Gasteiger partial charge on any atom is -0.346 e. The van der Waals surface area contributed by atoms with E-state index in [9.17, 15) is 14.9 Å². The molecule has 1 atom stereocenters. The molecule has 1 N–H and O–H groups in total. The number of thioether (sulfide) groups is 1. The number of amides is 1. The molecule has 2 aromatic heterocycles. The van der Waals surface area contributed by atoms with E-state index in [0.29, 0.717) is 0 Å². The highest BCUT2D eigenvalue weighted by atomic mass is 32.2. The number of carbonyl (C=O) groups is 1. The van der Waals surface area contributed by atoms with Crippen molar-refractivity contribution in [2.75, 3.05) is 5.75 Å². The molecular weight excluding hydrogens is 384 g/mol. The third kappa shape index (κ3) is 5.11. The van der Waals surface area contributed by atoms with Crippen LogP contribution in [0.3, 0.4) is 0 Å². The lowest BCUT2D eigenvalue weighted by Crippen LogP contribution is -2.28. The van der Waals surface area contributed by atoms with E-state index in [-0.39, 0.29) is 23.4 Å². The van der Waals surface area contributed by atoms with Crippen LogP contribution in [-0.4, -0.2) is 26.6 Å². The monoisotopic (exact) mass is 400 g/mol. The molecule has 3 aromatic rings. The number of hydrogen-bond acceptors (Lipinski definition) is 7. The van der Waals surface area contributed by atoms with Crippen LogP contribution in [0.5, 0.6) is 0 Å². The smallest absolute Gasteiger partial charge is 0.269 e. The predicted octanol–water partition coefficient (Wildman–Crippen LogP) is 4.08. The first-order valence-electron chi connectivity index (χ1n) is 8.05. The van der Waals surface area contributed by atoms with Crippen molar-refractivity contribution in [1.29, 1.82) is 0 Å². The molecule has 0 bridgehead atoms. The zero-order valence-electron chi connectivity index (χ0n) is 14.4. The lowest BCUT2D eigenvalue weighted by Gasteiger charge is -2.11. The average molecular weight is 400 g/mol. The average Bonchev–Trinajstić information content (AvgIpc) is 3.18. The number of nitro benzene ring substituents is 1. The summed E-state index contributed by atoms with van der Waals surface area (Å²) in [4.78, 5) is 31.8. The van der Waals surface area contributed by atoms with E-state index in [1.54, 1.807) is 24.5 Å². The number of aromatic nitrogens is 2. The number of rotatable bonds is 7. The molecule has 7 nitrogen and oxygen atoms in total. The van der Waals surface area contributed by atoms with Crippen LogP contribution < -0.4 is 5.32 Å². The minimum absolute atomic E-state index is 0.0335. The van der Waals surface area contributed by atoms with Crippen LogP contribution in [0.1, 0.15) is 18.0 Å². The number of thiazole rings is 1. The van der Waals surface area contributed by atoms with Crippen LogP contribution in [0.4, 0.5) is 5.69 Å². The second-order valence-corrected chi connectivity index (χ2v) is 7.57. The van der Waals surface area contributed by atoms with Gasteiger partial charge in [0, 0.05) is 40.4 Å². The molecule has 0 aliphatic carbocycles. The van der Waals surface area contributed by atoms with Crippen LogP contribution in [0, 0.1) is 10.1 Å². The Labute approximate surface area is 164 Å². The van der Waals surface area contributed by atoms with Gasteiger partial charge >= 0.3 is 0 Å². The molecule has 0 spiro atoms. The highest BCUT2D eigenvalue weighted by molar-refractivity contribution is 8.00. The fraction of sp³-hybridized carbons (Fsp3) is 0.167. The number of benzene rings is 1. The quantitative estimate of drug-likeness (QED) is 0.364. The summed E-state index contributed by atoms with van der Waals surface area (Å²) in [7, 11) is 0. The largest absolute Gasteiger partial charge is 0.346 e. The molecule has 0 aliphatic heterocycles. The second-order valence-electron chi connectivity index (χ2n) is 5.64. The molecule has 0 saturated carbocycles. The number of carbonyl (C=O) groups excluding carboxylic acids is 1. The fourth-order valence-electron chi connectivity index (χ4n) is 2.30. The van der Waals surface area contributed by atoms with Crippen molar-refractivity contribution < 1.29 is 9.72 Å². The van der Waals surface area contributed by atoms with Crippen molar-refractivity contribution >= 4 is 34.7 Å². The molecule has 0 radical (unpaired) electrons. The van der Waals surface area contributed by atoms with Gasteiger partial charge in [0.25, 0.3) is 5.69 Å². The maximum atomic E-state index is 12.2. The van der Waals surface area contributed by atoms with Crippen LogP contribution >= 0.6 is 23.1 Å². The predicted molar refractivity (Wildman–Crippen MR) is 106 cm³/mol. The first kappa shape index (κ1) is 19.0. The van der Waals surface area contributed by atoms with Crippen molar-refractivity contribution in [3.8, 4) is 11.3 Å². The van der Waals surface area contributed by atoms with Crippen LogP contribution in [0.25, 0.3) is 11.3 Å². The molecule has 3 rings (SSSR count). The van der Waals surface area contributed by atoms with Crippen molar-refractivity contribution in [3.63, 3.8) is 0 Å². The molecule has 2 heterocycles. The van der Waals surface area contributed by atoms with E-state index in [2.05, 4.69) is 15.3 Å². The molecule has 0 aliphatic rings. The number of pyridine rings is 1. The van der Waals surface area contributed by atoms with E-state index in [4.69, 9.17) is 0 Å². The maximum Gasteiger partial charge on any atom is 0.269 e. The Morgan fingerprint density at radius 2 is 1.96 bits per heavy atom. The molecule has 1 aromatic carbocycles. The molecule has 0 saturated heterocycles. The second kappa shape index (κ2) is 8.74. The van der Waals surface area contributed by atoms with Crippen molar-refractivity contribution in [1.82, 2.24) is 15.3 Å². The normalized spacial score (nSPS) is 11.7. The molecule has 1 unspecified atom stereocenters. The number of nitrogens with zero attached hydrogens (tertiary/aromatic N) is 3. The Morgan fingerprint density at radius 3 is 2.63 bits per heavy atom. The first-order valence-corrected chi connectivity index (χ1v) is 9.92. The molecular formula is C18H16N4O3S2. The third-order valence-corrected chi connectivity index (χ3v) is 5.70. The Kier molecular flexibility index (Phi) is 6.15. The van der Waals surface area contributed by atoms with Crippen LogP contribution in [0.15, 0.2) is 59.1 Å². The Morgan fingerprint density at radius 1 is 1.26 bits per heavy atom.